The normalized spacial score (nSPS) is 11.5. The number of rotatable bonds is 4. The Labute approximate surface area is 184 Å². The molecule has 1 N–H and O–H groups in total. The molecule has 0 radical (unpaired) electrons. The second-order valence-electron chi connectivity index (χ2n) is 8.13. The zero-order valence-electron chi connectivity index (χ0n) is 17.8. The minimum atomic E-state index is -0.691. The van der Waals surface area contributed by atoms with Crippen LogP contribution in [0.1, 0.15) is 46.8 Å². The van der Waals surface area contributed by atoms with E-state index in [0.717, 1.165) is 15.8 Å². The van der Waals surface area contributed by atoms with E-state index in [4.69, 9.17) is 4.74 Å². The molecule has 0 fully saturated rings. The van der Waals surface area contributed by atoms with Gasteiger partial charge < -0.3 is 10.1 Å². The van der Waals surface area contributed by atoms with Gasteiger partial charge in [0.1, 0.15) is 11.4 Å². The van der Waals surface area contributed by atoms with Crippen molar-refractivity contribution in [1.82, 2.24) is 9.55 Å². The maximum Gasteiger partial charge on any atom is 0.359 e. The first kappa shape index (κ1) is 20.8. The number of para-hydroxylation sites is 1. The summed E-state index contributed by atoms with van der Waals surface area (Å²) in [6.45, 7) is 7.19. The Morgan fingerprint density at radius 2 is 1.71 bits per heavy atom. The molecule has 6 nitrogen and oxygen atoms in total. The number of hydrogen-bond acceptors (Lipinski definition) is 5. The molecule has 0 aliphatic heterocycles. The number of imidazole rings is 1. The molecule has 158 valence electrons. The van der Waals surface area contributed by atoms with E-state index in [2.05, 4.69) is 10.3 Å². The minimum Gasteiger partial charge on any atom is -0.455 e. The number of benzene rings is 2. The maximum absolute atomic E-state index is 13.1. The number of hydrogen-bond donors (Lipinski definition) is 1. The number of carbonyl (C=O) groups excluding carboxylic acids is 2. The van der Waals surface area contributed by atoms with E-state index in [0.29, 0.717) is 10.7 Å². The van der Waals surface area contributed by atoms with Gasteiger partial charge >= 0.3 is 5.97 Å². The Kier molecular flexibility index (Phi) is 5.37. The number of thiophene rings is 1. The summed E-state index contributed by atoms with van der Waals surface area (Å²) in [5.74, 6) is -0.121. The summed E-state index contributed by atoms with van der Waals surface area (Å²) in [6, 6.07) is 19.0. The Bertz CT molecular complexity index is 1230. The van der Waals surface area contributed by atoms with E-state index in [1.54, 1.807) is 32.3 Å². The zero-order valence-corrected chi connectivity index (χ0v) is 18.6. The molecule has 0 bridgehead atoms. The quantitative estimate of drug-likeness (QED) is 0.425. The van der Waals surface area contributed by atoms with Crippen LogP contribution < -0.4 is 5.32 Å². The molecule has 4 aromatic rings. The summed E-state index contributed by atoms with van der Waals surface area (Å²) in [6.07, 6.45) is 0. The fraction of sp³-hybridized carbons (Fsp3) is 0.208. The van der Waals surface area contributed by atoms with Crippen molar-refractivity contribution >= 4 is 39.1 Å². The Hall–Kier alpha value is -3.45. The monoisotopic (exact) mass is 433 g/mol. The van der Waals surface area contributed by atoms with Crippen LogP contribution in [0.2, 0.25) is 0 Å². The van der Waals surface area contributed by atoms with Crippen LogP contribution in [0.4, 0.5) is 5.82 Å². The van der Waals surface area contributed by atoms with Crippen LogP contribution in [0.25, 0.3) is 15.8 Å². The van der Waals surface area contributed by atoms with Crippen LogP contribution in [-0.4, -0.2) is 27.0 Å². The lowest BCUT2D eigenvalue weighted by Crippen LogP contribution is -2.26. The molecule has 0 atom stereocenters. The molecule has 1 amide bonds. The highest BCUT2D eigenvalue weighted by Crippen LogP contribution is 2.28. The lowest BCUT2D eigenvalue weighted by Gasteiger charge is -2.20. The third-order valence-corrected chi connectivity index (χ3v) is 5.65. The SMILES string of the molecule is Cc1nc(NC(=O)c2cc3ccccc3s2)c(C(=O)OC(C)(C)C)n1-c1ccccc1. The highest BCUT2D eigenvalue weighted by molar-refractivity contribution is 7.20. The van der Waals surface area contributed by atoms with Crippen molar-refractivity contribution < 1.29 is 14.3 Å². The molecule has 2 aromatic heterocycles. The van der Waals surface area contributed by atoms with Crippen LogP contribution >= 0.6 is 11.3 Å². The van der Waals surface area contributed by atoms with E-state index in [-0.39, 0.29) is 17.4 Å². The van der Waals surface area contributed by atoms with Crippen molar-refractivity contribution in [2.24, 2.45) is 0 Å². The standard InChI is InChI=1S/C24H23N3O3S/c1-15-25-21(26-22(28)19-14-16-10-8-9-13-18(16)31-19)20(23(29)30-24(2,3)4)27(15)17-11-6-5-7-12-17/h5-14H,1-4H3,(H,26,28). The van der Waals surface area contributed by atoms with Crippen LogP contribution in [0.5, 0.6) is 0 Å². The van der Waals surface area contributed by atoms with Crippen LogP contribution in [0.3, 0.4) is 0 Å². The van der Waals surface area contributed by atoms with E-state index >= 15 is 0 Å². The van der Waals surface area contributed by atoms with E-state index in [1.165, 1.54) is 11.3 Å². The summed E-state index contributed by atoms with van der Waals surface area (Å²) in [7, 11) is 0. The first-order chi connectivity index (χ1) is 14.7. The summed E-state index contributed by atoms with van der Waals surface area (Å²) in [5, 5.41) is 3.82. The first-order valence-electron chi connectivity index (χ1n) is 9.91. The third-order valence-electron chi connectivity index (χ3n) is 4.53. The highest BCUT2D eigenvalue weighted by Gasteiger charge is 2.28. The molecule has 0 saturated heterocycles. The Morgan fingerprint density at radius 1 is 1.03 bits per heavy atom. The lowest BCUT2D eigenvalue weighted by molar-refractivity contribution is 0.00616. The van der Waals surface area contributed by atoms with E-state index in [9.17, 15) is 9.59 Å². The molecular weight excluding hydrogens is 410 g/mol. The van der Waals surface area contributed by atoms with Gasteiger partial charge in [-0.3, -0.25) is 9.36 Å². The number of anilines is 1. The first-order valence-corrected chi connectivity index (χ1v) is 10.7. The van der Waals surface area contributed by atoms with Gasteiger partial charge in [-0.2, -0.15) is 0 Å². The Balaban J connectivity index is 1.76. The maximum atomic E-state index is 13.1. The van der Waals surface area contributed by atoms with Gasteiger partial charge in [-0.05, 0) is 57.3 Å². The number of aromatic nitrogens is 2. The van der Waals surface area contributed by atoms with Gasteiger partial charge in [0.2, 0.25) is 0 Å². The van der Waals surface area contributed by atoms with Gasteiger partial charge in [0.25, 0.3) is 5.91 Å². The molecule has 0 aliphatic carbocycles. The second-order valence-corrected chi connectivity index (χ2v) is 9.22. The van der Waals surface area contributed by atoms with Crippen molar-refractivity contribution in [3.8, 4) is 5.69 Å². The number of esters is 1. The predicted octanol–water partition coefficient (Wildman–Crippen LogP) is 5.60. The summed E-state index contributed by atoms with van der Waals surface area (Å²) >= 11 is 1.39. The van der Waals surface area contributed by atoms with Gasteiger partial charge in [0.05, 0.1) is 4.88 Å². The number of nitrogens with one attached hydrogen (secondary N) is 1. The van der Waals surface area contributed by atoms with Crippen molar-refractivity contribution in [1.29, 1.82) is 0 Å². The molecular formula is C24H23N3O3S. The van der Waals surface area contributed by atoms with Gasteiger partial charge in [0, 0.05) is 10.4 Å². The number of carbonyl (C=O) groups is 2. The number of aryl methyl sites for hydroxylation is 1. The van der Waals surface area contributed by atoms with Crippen molar-refractivity contribution in [2.45, 2.75) is 33.3 Å². The van der Waals surface area contributed by atoms with E-state index in [1.807, 2.05) is 60.7 Å². The van der Waals surface area contributed by atoms with Gasteiger partial charge in [-0.1, -0.05) is 36.4 Å². The number of fused-ring (bicyclic) bond motifs is 1. The largest absolute Gasteiger partial charge is 0.455 e. The predicted molar refractivity (Wildman–Crippen MR) is 123 cm³/mol. The minimum absolute atomic E-state index is 0.179. The molecule has 0 spiro atoms. The lowest BCUT2D eigenvalue weighted by atomic mass is 10.2. The Morgan fingerprint density at radius 3 is 2.39 bits per heavy atom. The molecule has 4 rings (SSSR count). The number of nitrogens with zero attached hydrogens (tertiary/aromatic N) is 2. The second kappa shape index (κ2) is 8.00. The van der Waals surface area contributed by atoms with Crippen molar-refractivity contribution in [2.75, 3.05) is 5.32 Å². The molecule has 0 aliphatic rings. The van der Waals surface area contributed by atoms with E-state index < -0.39 is 11.6 Å². The topological polar surface area (TPSA) is 73.2 Å². The smallest absolute Gasteiger partial charge is 0.359 e. The average Bonchev–Trinajstić information content (AvgIpc) is 3.28. The average molecular weight is 434 g/mol. The fourth-order valence-electron chi connectivity index (χ4n) is 3.29. The summed E-state index contributed by atoms with van der Waals surface area (Å²) in [5.41, 5.74) is 0.257. The zero-order chi connectivity index (χ0) is 22.2. The number of amides is 1. The summed E-state index contributed by atoms with van der Waals surface area (Å²) in [4.78, 5) is 31.2. The molecule has 2 aromatic carbocycles. The van der Waals surface area contributed by atoms with Crippen LogP contribution in [-0.2, 0) is 4.74 Å². The summed E-state index contributed by atoms with van der Waals surface area (Å²) < 4.78 is 8.35. The molecule has 7 heteroatoms. The van der Waals surface area contributed by atoms with Crippen molar-refractivity contribution in [3.05, 3.63) is 77.1 Å². The van der Waals surface area contributed by atoms with Gasteiger partial charge in [-0.15, -0.1) is 11.3 Å². The third kappa shape index (κ3) is 4.36. The van der Waals surface area contributed by atoms with Crippen molar-refractivity contribution in [3.63, 3.8) is 0 Å². The molecule has 0 unspecified atom stereocenters. The molecule has 0 saturated carbocycles. The number of ether oxygens (including phenoxy) is 1. The fourth-order valence-corrected chi connectivity index (χ4v) is 4.25. The van der Waals surface area contributed by atoms with Gasteiger partial charge in [0.15, 0.2) is 11.5 Å². The highest BCUT2D eigenvalue weighted by atomic mass is 32.1. The van der Waals surface area contributed by atoms with Crippen LogP contribution in [0, 0.1) is 6.92 Å². The van der Waals surface area contributed by atoms with Gasteiger partial charge in [-0.25, -0.2) is 9.78 Å². The van der Waals surface area contributed by atoms with Crippen LogP contribution in [0.15, 0.2) is 60.7 Å². The molecule has 2 heterocycles. The molecule has 31 heavy (non-hydrogen) atoms.